The van der Waals surface area contributed by atoms with E-state index in [2.05, 4.69) is 29.4 Å². The molecule has 0 aromatic carbocycles. The zero-order chi connectivity index (χ0) is 10.8. The molecule has 0 bridgehead atoms. The Morgan fingerprint density at radius 3 is 2.36 bits per heavy atom. The molecule has 0 saturated heterocycles. The lowest BCUT2D eigenvalue weighted by Gasteiger charge is -2.20. The molecule has 0 aliphatic carbocycles. The fourth-order valence-corrected chi connectivity index (χ4v) is 1.54. The summed E-state index contributed by atoms with van der Waals surface area (Å²) in [6.07, 6.45) is 1.21. The molecular formula is C10H23N3S. The van der Waals surface area contributed by atoms with Crippen LogP contribution in [0.5, 0.6) is 0 Å². The van der Waals surface area contributed by atoms with E-state index < -0.39 is 0 Å². The van der Waals surface area contributed by atoms with Crippen molar-refractivity contribution in [1.29, 1.82) is 0 Å². The van der Waals surface area contributed by atoms with Crippen molar-refractivity contribution in [2.75, 3.05) is 32.7 Å². The lowest BCUT2D eigenvalue weighted by molar-refractivity contribution is 0.293. The smallest absolute Gasteiger partial charge is 0.166 e. The van der Waals surface area contributed by atoms with Crippen molar-refractivity contribution in [2.45, 2.75) is 27.2 Å². The molecule has 0 aliphatic heterocycles. The van der Waals surface area contributed by atoms with Crippen LogP contribution >= 0.6 is 12.2 Å². The van der Waals surface area contributed by atoms with E-state index in [0.29, 0.717) is 0 Å². The third-order valence-electron chi connectivity index (χ3n) is 2.04. The lowest BCUT2D eigenvalue weighted by Crippen LogP contribution is -2.40. The molecule has 0 spiro atoms. The van der Waals surface area contributed by atoms with Crippen LogP contribution in [0.15, 0.2) is 0 Å². The molecule has 84 valence electrons. The van der Waals surface area contributed by atoms with Gasteiger partial charge in [-0.05, 0) is 38.7 Å². The summed E-state index contributed by atoms with van der Waals surface area (Å²) in [7, 11) is 0. The van der Waals surface area contributed by atoms with Crippen LogP contribution in [0.2, 0.25) is 0 Å². The minimum atomic E-state index is 0.764. The highest BCUT2D eigenvalue weighted by Crippen LogP contribution is 1.88. The van der Waals surface area contributed by atoms with Gasteiger partial charge in [0.05, 0.1) is 0 Å². The molecule has 0 aromatic rings. The number of thiocarbonyl (C=S) groups is 1. The van der Waals surface area contributed by atoms with Gasteiger partial charge in [0, 0.05) is 19.6 Å². The maximum absolute atomic E-state index is 5.07. The van der Waals surface area contributed by atoms with Crippen molar-refractivity contribution in [3.8, 4) is 0 Å². The number of rotatable bonds is 7. The van der Waals surface area contributed by atoms with Gasteiger partial charge in [-0.3, -0.25) is 0 Å². The summed E-state index contributed by atoms with van der Waals surface area (Å²) in [6.45, 7) is 11.6. The maximum Gasteiger partial charge on any atom is 0.166 e. The molecule has 0 fully saturated rings. The Morgan fingerprint density at radius 1 is 1.14 bits per heavy atom. The van der Waals surface area contributed by atoms with Crippen LogP contribution in [0.1, 0.15) is 27.2 Å². The molecule has 14 heavy (non-hydrogen) atoms. The molecule has 0 atom stereocenters. The Kier molecular flexibility index (Phi) is 8.98. The van der Waals surface area contributed by atoms with Gasteiger partial charge in [0.15, 0.2) is 5.11 Å². The Labute approximate surface area is 93.2 Å². The number of nitrogens with one attached hydrogen (secondary N) is 2. The van der Waals surface area contributed by atoms with Gasteiger partial charge in [-0.15, -0.1) is 0 Å². The highest BCUT2D eigenvalue weighted by molar-refractivity contribution is 7.80. The van der Waals surface area contributed by atoms with Gasteiger partial charge in [0.2, 0.25) is 0 Å². The van der Waals surface area contributed by atoms with Crippen LogP contribution in [0, 0.1) is 0 Å². The standard InChI is InChI=1S/C10H23N3S/c1-4-8-13(6-3)9-7-12-10(14)11-5-2/h4-9H2,1-3H3,(H2,11,12,14). The molecule has 4 heteroatoms. The molecule has 0 radical (unpaired) electrons. The Bertz CT molecular complexity index is 150. The van der Waals surface area contributed by atoms with Crippen LogP contribution < -0.4 is 10.6 Å². The van der Waals surface area contributed by atoms with Crippen LogP contribution in [0.25, 0.3) is 0 Å². The summed E-state index contributed by atoms with van der Waals surface area (Å²) >= 11 is 5.07. The normalized spacial score (nSPS) is 10.3. The molecule has 0 heterocycles. The predicted octanol–water partition coefficient (Wildman–Crippen LogP) is 1.20. The van der Waals surface area contributed by atoms with Crippen molar-refractivity contribution < 1.29 is 0 Å². The molecule has 0 rings (SSSR count). The number of likely N-dealkylation sites (N-methyl/N-ethyl adjacent to an activating group) is 1. The van der Waals surface area contributed by atoms with Gasteiger partial charge in [0.25, 0.3) is 0 Å². The fraction of sp³-hybridized carbons (Fsp3) is 0.900. The van der Waals surface area contributed by atoms with Gasteiger partial charge >= 0.3 is 0 Å². The van der Waals surface area contributed by atoms with Crippen molar-refractivity contribution in [3.63, 3.8) is 0 Å². The Balaban J connectivity index is 3.45. The Morgan fingerprint density at radius 2 is 1.86 bits per heavy atom. The second kappa shape index (κ2) is 9.21. The van der Waals surface area contributed by atoms with Gasteiger partial charge in [-0.2, -0.15) is 0 Å². The molecule has 3 nitrogen and oxygen atoms in total. The minimum Gasteiger partial charge on any atom is -0.363 e. The SMILES string of the molecule is CCCN(CC)CCNC(=S)NCC. The predicted molar refractivity (Wildman–Crippen MR) is 66.7 cm³/mol. The summed E-state index contributed by atoms with van der Waals surface area (Å²) in [5.41, 5.74) is 0. The van der Waals surface area contributed by atoms with E-state index in [1.54, 1.807) is 0 Å². The third-order valence-corrected chi connectivity index (χ3v) is 2.33. The molecule has 0 saturated carbocycles. The molecule has 0 aromatic heterocycles. The summed E-state index contributed by atoms with van der Waals surface area (Å²) in [6, 6.07) is 0. The van der Waals surface area contributed by atoms with Crippen LogP contribution in [-0.2, 0) is 0 Å². The molecule has 0 amide bonds. The largest absolute Gasteiger partial charge is 0.363 e. The lowest BCUT2D eigenvalue weighted by atomic mass is 10.4. The molecular weight excluding hydrogens is 194 g/mol. The molecule has 0 unspecified atom stereocenters. The highest BCUT2D eigenvalue weighted by Gasteiger charge is 1.99. The van der Waals surface area contributed by atoms with E-state index in [9.17, 15) is 0 Å². The minimum absolute atomic E-state index is 0.764. The van der Waals surface area contributed by atoms with Crippen LogP contribution in [-0.4, -0.2) is 42.7 Å². The van der Waals surface area contributed by atoms with Crippen LogP contribution in [0.3, 0.4) is 0 Å². The average molecular weight is 217 g/mol. The highest BCUT2D eigenvalue weighted by atomic mass is 32.1. The van der Waals surface area contributed by atoms with Gasteiger partial charge < -0.3 is 15.5 Å². The summed E-state index contributed by atoms with van der Waals surface area (Å²) < 4.78 is 0. The molecule has 2 N–H and O–H groups in total. The van der Waals surface area contributed by atoms with Crippen LogP contribution in [0.4, 0.5) is 0 Å². The summed E-state index contributed by atoms with van der Waals surface area (Å²) in [5, 5.41) is 7.02. The number of nitrogens with zero attached hydrogens (tertiary/aromatic N) is 1. The molecule has 0 aliphatic rings. The number of hydrogen-bond acceptors (Lipinski definition) is 2. The zero-order valence-electron chi connectivity index (χ0n) is 9.60. The van der Waals surface area contributed by atoms with Gasteiger partial charge in [0.1, 0.15) is 0 Å². The van der Waals surface area contributed by atoms with Crippen molar-refractivity contribution in [3.05, 3.63) is 0 Å². The summed E-state index contributed by atoms with van der Waals surface area (Å²) in [5.74, 6) is 0. The zero-order valence-corrected chi connectivity index (χ0v) is 10.4. The van der Waals surface area contributed by atoms with Crippen molar-refractivity contribution in [1.82, 2.24) is 15.5 Å². The maximum atomic E-state index is 5.07. The second-order valence-electron chi connectivity index (χ2n) is 3.22. The van der Waals surface area contributed by atoms with E-state index in [-0.39, 0.29) is 0 Å². The van der Waals surface area contributed by atoms with E-state index in [1.165, 1.54) is 13.0 Å². The Hall–Kier alpha value is -0.350. The average Bonchev–Trinajstić information content (AvgIpc) is 2.17. The first kappa shape index (κ1) is 13.7. The van der Waals surface area contributed by atoms with E-state index in [0.717, 1.165) is 31.3 Å². The van der Waals surface area contributed by atoms with Crippen molar-refractivity contribution >= 4 is 17.3 Å². The third kappa shape index (κ3) is 7.09. The van der Waals surface area contributed by atoms with E-state index in [4.69, 9.17) is 12.2 Å². The van der Waals surface area contributed by atoms with Crippen molar-refractivity contribution in [2.24, 2.45) is 0 Å². The number of hydrogen-bond donors (Lipinski definition) is 2. The fourth-order valence-electron chi connectivity index (χ4n) is 1.29. The first-order valence-corrected chi connectivity index (χ1v) is 5.89. The van der Waals surface area contributed by atoms with E-state index in [1.807, 2.05) is 6.92 Å². The van der Waals surface area contributed by atoms with E-state index >= 15 is 0 Å². The first-order chi connectivity index (χ1) is 6.74. The summed E-state index contributed by atoms with van der Waals surface area (Å²) in [4.78, 5) is 2.42. The topological polar surface area (TPSA) is 27.3 Å². The first-order valence-electron chi connectivity index (χ1n) is 5.48. The van der Waals surface area contributed by atoms with Gasteiger partial charge in [-0.1, -0.05) is 13.8 Å². The second-order valence-corrected chi connectivity index (χ2v) is 3.63. The quantitative estimate of drug-likeness (QED) is 0.627. The monoisotopic (exact) mass is 217 g/mol. The van der Waals surface area contributed by atoms with Gasteiger partial charge in [-0.25, -0.2) is 0 Å².